The highest BCUT2D eigenvalue weighted by Gasteiger charge is 2.01. The molecular weight excluding hydrogens is 228 g/mol. The van der Waals surface area contributed by atoms with Crippen LogP contribution >= 0.6 is 0 Å². The van der Waals surface area contributed by atoms with Crippen LogP contribution in [0.25, 0.3) is 0 Å². The van der Waals surface area contributed by atoms with E-state index in [0.717, 1.165) is 12.0 Å². The number of ketones is 1. The molecule has 98 valence electrons. The van der Waals surface area contributed by atoms with Crippen LogP contribution in [0.2, 0.25) is 0 Å². The van der Waals surface area contributed by atoms with Crippen molar-refractivity contribution in [2.24, 2.45) is 0 Å². The molecule has 0 bridgehead atoms. The number of hydrogen-bond donors (Lipinski definition) is 0. The standard InChI is InChI=1S/C15H20O3/c1-2-10-17-13-15(16)9-6-11-18-12-14-7-4-3-5-8-14/h2-5,7-8H,1,6,9-13H2. The minimum absolute atomic E-state index is 0.111. The van der Waals surface area contributed by atoms with Crippen molar-refractivity contribution in [3.63, 3.8) is 0 Å². The van der Waals surface area contributed by atoms with E-state index in [9.17, 15) is 4.79 Å². The summed E-state index contributed by atoms with van der Waals surface area (Å²) in [6.45, 7) is 5.31. The summed E-state index contributed by atoms with van der Waals surface area (Å²) in [5.74, 6) is 0.111. The molecule has 0 unspecified atom stereocenters. The maximum atomic E-state index is 11.3. The first kappa shape index (κ1) is 14.6. The van der Waals surface area contributed by atoms with Crippen LogP contribution in [0.4, 0.5) is 0 Å². The van der Waals surface area contributed by atoms with Gasteiger partial charge in [0.15, 0.2) is 5.78 Å². The number of benzene rings is 1. The van der Waals surface area contributed by atoms with Gasteiger partial charge in [0, 0.05) is 13.0 Å². The van der Waals surface area contributed by atoms with Crippen LogP contribution in [-0.2, 0) is 20.9 Å². The largest absolute Gasteiger partial charge is 0.377 e. The Bertz CT molecular complexity index is 346. The maximum absolute atomic E-state index is 11.3. The van der Waals surface area contributed by atoms with Gasteiger partial charge in [-0.15, -0.1) is 6.58 Å². The van der Waals surface area contributed by atoms with E-state index >= 15 is 0 Å². The van der Waals surface area contributed by atoms with Crippen molar-refractivity contribution in [2.75, 3.05) is 19.8 Å². The average molecular weight is 248 g/mol. The van der Waals surface area contributed by atoms with Crippen molar-refractivity contribution in [3.05, 3.63) is 48.6 Å². The van der Waals surface area contributed by atoms with Crippen molar-refractivity contribution in [2.45, 2.75) is 19.4 Å². The van der Waals surface area contributed by atoms with Crippen molar-refractivity contribution >= 4 is 5.78 Å². The van der Waals surface area contributed by atoms with Gasteiger partial charge in [0.1, 0.15) is 6.61 Å². The third-order valence-corrected chi connectivity index (χ3v) is 2.35. The summed E-state index contributed by atoms with van der Waals surface area (Å²) in [6, 6.07) is 9.99. The van der Waals surface area contributed by atoms with Crippen LogP contribution in [0.5, 0.6) is 0 Å². The molecule has 3 nitrogen and oxygen atoms in total. The van der Waals surface area contributed by atoms with Gasteiger partial charge >= 0.3 is 0 Å². The monoisotopic (exact) mass is 248 g/mol. The highest BCUT2D eigenvalue weighted by atomic mass is 16.5. The molecule has 0 radical (unpaired) electrons. The van der Waals surface area contributed by atoms with Crippen LogP contribution < -0.4 is 0 Å². The molecule has 0 atom stereocenters. The summed E-state index contributed by atoms with van der Waals surface area (Å²) in [6.07, 6.45) is 2.88. The number of hydrogen-bond acceptors (Lipinski definition) is 3. The van der Waals surface area contributed by atoms with Gasteiger partial charge in [0.2, 0.25) is 0 Å². The molecule has 1 aromatic carbocycles. The highest BCUT2D eigenvalue weighted by molar-refractivity contribution is 5.79. The SMILES string of the molecule is C=CCOCC(=O)CCCOCc1ccccc1. The molecule has 0 spiro atoms. The number of ether oxygens (including phenoxy) is 2. The van der Waals surface area contributed by atoms with Gasteiger partial charge in [-0.2, -0.15) is 0 Å². The Kier molecular flexibility index (Phi) is 7.77. The normalized spacial score (nSPS) is 10.2. The summed E-state index contributed by atoms with van der Waals surface area (Å²) in [4.78, 5) is 11.3. The van der Waals surface area contributed by atoms with Gasteiger partial charge in [-0.1, -0.05) is 36.4 Å². The summed E-state index contributed by atoms with van der Waals surface area (Å²) < 4.78 is 10.5. The second kappa shape index (κ2) is 9.57. The van der Waals surface area contributed by atoms with Crippen molar-refractivity contribution in [3.8, 4) is 0 Å². The third kappa shape index (κ3) is 6.99. The second-order valence-corrected chi connectivity index (χ2v) is 3.98. The van der Waals surface area contributed by atoms with Crippen LogP contribution in [0.3, 0.4) is 0 Å². The molecule has 1 rings (SSSR count). The van der Waals surface area contributed by atoms with Crippen LogP contribution in [0, 0.1) is 0 Å². The molecule has 3 heteroatoms. The van der Waals surface area contributed by atoms with Gasteiger partial charge < -0.3 is 9.47 Å². The quantitative estimate of drug-likeness (QED) is 0.472. The smallest absolute Gasteiger partial charge is 0.158 e. The Labute approximate surface area is 108 Å². The van der Waals surface area contributed by atoms with Crippen LogP contribution in [0.15, 0.2) is 43.0 Å². The predicted octanol–water partition coefficient (Wildman–Crippen LogP) is 2.76. The Morgan fingerprint density at radius 1 is 1.22 bits per heavy atom. The van der Waals surface area contributed by atoms with E-state index in [1.807, 2.05) is 30.3 Å². The zero-order valence-electron chi connectivity index (χ0n) is 10.6. The number of rotatable bonds is 10. The summed E-state index contributed by atoms with van der Waals surface area (Å²) in [5.41, 5.74) is 1.15. The molecule has 0 fully saturated rings. The van der Waals surface area contributed by atoms with Crippen LogP contribution in [0.1, 0.15) is 18.4 Å². The minimum Gasteiger partial charge on any atom is -0.377 e. The third-order valence-electron chi connectivity index (χ3n) is 2.35. The van der Waals surface area contributed by atoms with E-state index in [0.29, 0.717) is 26.2 Å². The van der Waals surface area contributed by atoms with Crippen LogP contribution in [-0.4, -0.2) is 25.6 Å². The Balaban J connectivity index is 1.98. The molecule has 18 heavy (non-hydrogen) atoms. The van der Waals surface area contributed by atoms with E-state index in [4.69, 9.17) is 9.47 Å². The summed E-state index contributed by atoms with van der Waals surface area (Å²) in [5, 5.41) is 0. The van der Waals surface area contributed by atoms with E-state index in [-0.39, 0.29) is 12.4 Å². The lowest BCUT2D eigenvalue weighted by Gasteiger charge is -2.04. The molecule has 1 aromatic rings. The highest BCUT2D eigenvalue weighted by Crippen LogP contribution is 2.01. The average Bonchev–Trinajstić information content (AvgIpc) is 2.40. The van der Waals surface area contributed by atoms with E-state index < -0.39 is 0 Å². The van der Waals surface area contributed by atoms with E-state index in [1.165, 1.54) is 0 Å². The van der Waals surface area contributed by atoms with E-state index in [2.05, 4.69) is 6.58 Å². The van der Waals surface area contributed by atoms with Gasteiger partial charge in [-0.3, -0.25) is 4.79 Å². The zero-order chi connectivity index (χ0) is 13.1. The van der Waals surface area contributed by atoms with Gasteiger partial charge in [-0.05, 0) is 12.0 Å². The fraction of sp³-hybridized carbons (Fsp3) is 0.400. The second-order valence-electron chi connectivity index (χ2n) is 3.98. The molecule has 0 N–H and O–H groups in total. The van der Waals surface area contributed by atoms with Gasteiger partial charge in [0.25, 0.3) is 0 Å². The number of carbonyl (C=O) groups is 1. The lowest BCUT2D eigenvalue weighted by Crippen LogP contribution is -2.09. The molecule has 0 amide bonds. The number of Topliss-reactive ketones (excluding diaryl/α,β-unsaturated/α-hetero) is 1. The Morgan fingerprint density at radius 2 is 2.00 bits per heavy atom. The molecule has 0 aliphatic rings. The minimum atomic E-state index is 0.111. The van der Waals surface area contributed by atoms with Crippen molar-refractivity contribution in [1.29, 1.82) is 0 Å². The van der Waals surface area contributed by atoms with E-state index in [1.54, 1.807) is 6.08 Å². The molecule has 0 saturated carbocycles. The van der Waals surface area contributed by atoms with Crippen molar-refractivity contribution in [1.82, 2.24) is 0 Å². The summed E-state index contributed by atoms with van der Waals surface area (Å²) in [7, 11) is 0. The Morgan fingerprint density at radius 3 is 2.72 bits per heavy atom. The topological polar surface area (TPSA) is 35.5 Å². The molecule has 0 saturated heterocycles. The fourth-order valence-electron chi connectivity index (χ4n) is 1.46. The van der Waals surface area contributed by atoms with Crippen molar-refractivity contribution < 1.29 is 14.3 Å². The maximum Gasteiger partial charge on any atom is 0.158 e. The molecule has 0 heterocycles. The van der Waals surface area contributed by atoms with Gasteiger partial charge in [-0.25, -0.2) is 0 Å². The first-order valence-electron chi connectivity index (χ1n) is 6.15. The predicted molar refractivity (Wildman–Crippen MR) is 71.4 cm³/mol. The molecule has 0 aliphatic carbocycles. The first-order chi connectivity index (χ1) is 8.83. The number of carbonyl (C=O) groups excluding carboxylic acids is 1. The van der Waals surface area contributed by atoms with Gasteiger partial charge in [0.05, 0.1) is 13.2 Å². The molecule has 0 aromatic heterocycles. The first-order valence-corrected chi connectivity index (χ1v) is 6.15. The lowest BCUT2D eigenvalue weighted by atomic mass is 10.2. The lowest BCUT2D eigenvalue weighted by molar-refractivity contribution is -0.123. The summed E-state index contributed by atoms with van der Waals surface area (Å²) >= 11 is 0. The Hall–Kier alpha value is -1.45. The fourth-order valence-corrected chi connectivity index (χ4v) is 1.46. The molecule has 0 aliphatic heterocycles. The molecular formula is C15H20O3. The zero-order valence-corrected chi connectivity index (χ0v) is 10.6.